The maximum atomic E-state index is 12.9. The van der Waals surface area contributed by atoms with Crippen molar-refractivity contribution in [3.8, 4) is 0 Å². The largest absolute Gasteiger partial charge is 0.462 e. The second-order valence-corrected chi connectivity index (χ2v) is 19.5. The minimum absolute atomic E-state index is 0.0658. The van der Waals surface area contributed by atoms with Gasteiger partial charge < -0.3 is 14.2 Å². The molecule has 0 amide bonds. The number of esters is 2. The van der Waals surface area contributed by atoms with Crippen molar-refractivity contribution in [1.29, 1.82) is 0 Å². The van der Waals surface area contributed by atoms with E-state index in [4.69, 9.17) is 14.2 Å². The van der Waals surface area contributed by atoms with Crippen molar-refractivity contribution >= 4 is 11.9 Å². The summed E-state index contributed by atoms with van der Waals surface area (Å²) in [5.74, 6) is -0.424. The molecular formula is C65H112O5. The van der Waals surface area contributed by atoms with Gasteiger partial charge in [-0.15, -0.1) is 0 Å². The van der Waals surface area contributed by atoms with Gasteiger partial charge in [-0.2, -0.15) is 0 Å². The first-order chi connectivity index (χ1) is 34.6. The minimum atomic E-state index is -0.557. The van der Waals surface area contributed by atoms with E-state index in [0.717, 1.165) is 109 Å². The molecule has 0 radical (unpaired) electrons. The zero-order chi connectivity index (χ0) is 50.6. The molecule has 0 rings (SSSR count). The Hall–Kier alpha value is -3.18. The monoisotopic (exact) mass is 973 g/mol. The highest BCUT2D eigenvalue weighted by molar-refractivity contribution is 5.70. The van der Waals surface area contributed by atoms with Crippen LogP contribution in [0.5, 0.6) is 0 Å². The molecule has 0 heterocycles. The van der Waals surface area contributed by atoms with E-state index in [9.17, 15) is 9.59 Å². The number of carbonyl (C=O) groups is 2. The first kappa shape index (κ1) is 66.8. The predicted octanol–water partition coefficient (Wildman–Crippen LogP) is 20.6. The molecule has 402 valence electrons. The van der Waals surface area contributed by atoms with Crippen molar-refractivity contribution in [1.82, 2.24) is 0 Å². The van der Waals surface area contributed by atoms with Crippen LogP contribution in [-0.2, 0) is 23.8 Å². The molecule has 0 saturated carbocycles. The van der Waals surface area contributed by atoms with Crippen LogP contribution >= 0.6 is 0 Å². The van der Waals surface area contributed by atoms with Gasteiger partial charge in [0.1, 0.15) is 6.61 Å². The Bertz CT molecular complexity index is 1330. The number of hydrogen-bond acceptors (Lipinski definition) is 5. The molecule has 5 nitrogen and oxygen atoms in total. The highest BCUT2D eigenvalue weighted by Crippen LogP contribution is 2.16. The summed E-state index contributed by atoms with van der Waals surface area (Å²) in [4.78, 5) is 25.6. The second-order valence-electron chi connectivity index (χ2n) is 19.5. The summed E-state index contributed by atoms with van der Waals surface area (Å²) in [7, 11) is 0. The van der Waals surface area contributed by atoms with Gasteiger partial charge in [0, 0.05) is 19.4 Å². The zero-order valence-electron chi connectivity index (χ0n) is 46.3. The Morgan fingerprint density at radius 2 is 0.643 bits per heavy atom. The number of ether oxygens (including phenoxy) is 3. The third-order valence-electron chi connectivity index (χ3n) is 12.6. The molecule has 0 bridgehead atoms. The molecular weight excluding hydrogens is 861 g/mol. The molecule has 1 unspecified atom stereocenters. The maximum absolute atomic E-state index is 12.9. The molecule has 0 aliphatic rings. The van der Waals surface area contributed by atoms with Gasteiger partial charge in [-0.3, -0.25) is 9.59 Å². The third-order valence-corrected chi connectivity index (χ3v) is 12.6. The second kappa shape index (κ2) is 60.1. The van der Waals surface area contributed by atoms with Gasteiger partial charge in [0.05, 0.1) is 6.61 Å². The van der Waals surface area contributed by atoms with E-state index in [0.29, 0.717) is 19.4 Å². The van der Waals surface area contributed by atoms with E-state index < -0.39 is 6.10 Å². The summed E-state index contributed by atoms with van der Waals surface area (Å²) in [6, 6.07) is 0. The number of unbranched alkanes of at least 4 members (excludes halogenated alkanes) is 27. The number of rotatable bonds is 54. The van der Waals surface area contributed by atoms with Crippen LogP contribution in [-0.4, -0.2) is 37.9 Å². The molecule has 0 saturated heterocycles. The van der Waals surface area contributed by atoms with E-state index in [1.54, 1.807) is 0 Å². The SMILES string of the molecule is CC/C=C\C/C=C\C/C=C\C/C=C\CCCCCCCCCOCC(COC(=O)CCCCCC/C=C\C/C=C\C/C=C\C/C=C\CC)OC(=O)CCCCCCCCCCCCCCCCCCC. The van der Waals surface area contributed by atoms with E-state index in [-0.39, 0.29) is 25.2 Å². The van der Waals surface area contributed by atoms with Crippen LogP contribution in [0.1, 0.15) is 278 Å². The van der Waals surface area contributed by atoms with Gasteiger partial charge in [0.15, 0.2) is 6.10 Å². The summed E-state index contributed by atoms with van der Waals surface area (Å²) < 4.78 is 17.5. The fourth-order valence-electron chi connectivity index (χ4n) is 8.26. The highest BCUT2D eigenvalue weighted by atomic mass is 16.6. The lowest BCUT2D eigenvalue weighted by atomic mass is 10.0. The van der Waals surface area contributed by atoms with E-state index in [1.807, 2.05) is 0 Å². The summed E-state index contributed by atoms with van der Waals surface area (Å²) in [6.45, 7) is 7.58. The lowest BCUT2D eigenvalue weighted by Gasteiger charge is -2.18. The minimum Gasteiger partial charge on any atom is -0.462 e. The topological polar surface area (TPSA) is 61.8 Å². The average Bonchev–Trinajstić information content (AvgIpc) is 3.36. The highest BCUT2D eigenvalue weighted by Gasteiger charge is 2.17. The van der Waals surface area contributed by atoms with Gasteiger partial charge in [-0.25, -0.2) is 0 Å². The fourth-order valence-corrected chi connectivity index (χ4v) is 8.26. The lowest BCUT2D eigenvalue weighted by molar-refractivity contribution is -0.163. The molecule has 0 aromatic rings. The maximum Gasteiger partial charge on any atom is 0.306 e. The normalized spacial score (nSPS) is 12.9. The average molecular weight is 974 g/mol. The summed E-state index contributed by atoms with van der Waals surface area (Å²) >= 11 is 0. The Morgan fingerprint density at radius 1 is 0.329 bits per heavy atom. The number of hydrogen-bond donors (Lipinski definition) is 0. The van der Waals surface area contributed by atoms with Gasteiger partial charge in [-0.1, -0.05) is 266 Å². The molecule has 0 aromatic heterocycles. The van der Waals surface area contributed by atoms with Gasteiger partial charge in [0.25, 0.3) is 0 Å². The Morgan fingerprint density at radius 3 is 1.03 bits per heavy atom. The van der Waals surface area contributed by atoms with Crippen molar-refractivity contribution in [2.75, 3.05) is 19.8 Å². The van der Waals surface area contributed by atoms with Gasteiger partial charge in [0.2, 0.25) is 0 Å². The van der Waals surface area contributed by atoms with Crippen LogP contribution in [0.4, 0.5) is 0 Å². The molecule has 0 N–H and O–H groups in total. The number of carbonyl (C=O) groups excluding carboxylic acids is 2. The van der Waals surface area contributed by atoms with Crippen molar-refractivity contribution < 1.29 is 23.8 Å². The van der Waals surface area contributed by atoms with Crippen LogP contribution in [0.2, 0.25) is 0 Å². The van der Waals surface area contributed by atoms with E-state index in [1.165, 1.54) is 135 Å². The van der Waals surface area contributed by atoms with E-state index in [2.05, 4.69) is 118 Å². The first-order valence-corrected chi connectivity index (χ1v) is 29.8. The Labute approximate surface area is 434 Å². The lowest BCUT2D eigenvalue weighted by Crippen LogP contribution is -2.30. The van der Waals surface area contributed by atoms with Crippen LogP contribution in [0.3, 0.4) is 0 Å². The summed E-state index contributed by atoms with van der Waals surface area (Å²) in [5.41, 5.74) is 0. The van der Waals surface area contributed by atoms with Crippen molar-refractivity contribution in [3.05, 3.63) is 97.2 Å². The smallest absolute Gasteiger partial charge is 0.306 e. The van der Waals surface area contributed by atoms with Gasteiger partial charge >= 0.3 is 11.9 Å². The van der Waals surface area contributed by atoms with Gasteiger partial charge in [-0.05, 0) is 96.3 Å². The molecule has 1 atom stereocenters. The van der Waals surface area contributed by atoms with Crippen molar-refractivity contribution in [3.63, 3.8) is 0 Å². The molecule has 0 aliphatic heterocycles. The number of allylic oxidation sites excluding steroid dienone is 16. The zero-order valence-corrected chi connectivity index (χ0v) is 46.3. The molecule has 5 heteroatoms. The Kier molecular flexibility index (Phi) is 57.4. The van der Waals surface area contributed by atoms with E-state index >= 15 is 0 Å². The van der Waals surface area contributed by atoms with Crippen LogP contribution < -0.4 is 0 Å². The molecule has 70 heavy (non-hydrogen) atoms. The standard InChI is InChI=1S/C65H112O5/c1-4-7-10-13-16-19-22-25-28-31-32-33-36-39-42-45-48-51-54-57-60-68-61-63(70-65(67)59-56-53-50-47-44-41-38-35-30-27-24-21-18-15-12-9-6-3)62-69-64(66)58-55-52-49-46-43-40-37-34-29-26-23-20-17-14-11-8-5-2/h7-8,10-11,16-17,19-20,25-26,28-29,32-33,37,40,63H,4-6,9,12-15,18,21-24,27,30-31,34-36,38-39,41-62H2,1-3H3/b10-7-,11-8-,19-16-,20-17-,28-25-,29-26-,33-32-,40-37-. The quantitative estimate of drug-likeness (QED) is 0.0345. The van der Waals surface area contributed by atoms with Crippen LogP contribution in [0.15, 0.2) is 97.2 Å². The first-order valence-electron chi connectivity index (χ1n) is 29.8. The van der Waals surface area contributed by atoms with Crippen LogP contribution in [0, 0.1) is 0 Å². The fraction of sp³-hybridized carbons (Fsp3) is 0.723. The summed E-state index contributed by atoms with van der Waals surface area (Å²) in [6.07, 6.45) is 81.5. The predicted molar refractivity (Wildman–Crippen MR) is 306 cm³/mol. The van der Waals surface area contributed by atoms with Crippen molar-refractivity contribution in [2.45, 2.75) is 284 Å². The molecule has 0 spiro atoms. The molecule has 0 aromatic carbocycles. The Balaban J connectivity index is 4.34. The molecule has 0 fully saturated rings. The van der Waals surface area contributed by atoms with Crippen LogP contribution in [0.25, 0.3) is 0 Å². The molecule has 0 aliphatic carbocycles. The third kappa shape index (κ3) is 57.4. The van der Waals surface area contributed by atoms with Crippen molar-refractivity contribution in [2.24, 2.45) is 0 Å². The summed E-state index contributed by atoms with van der Waals surface area (Å²) in [5, 5.41) is 0.